The van der Waals surface area contributed by atoms with Crippen LogP contribution in [0.3, 0.4) is 0 Å². The van der Waals surface area contributed by atoms with Gasteiger partial charge in [0.15, 0.2) is 0 Å². The summed E-state index contributed by atoms with van der Waals surface area (Å²) in [6.07, 6.45) is 4.11. The van der Waals surface area contributed by atoms with Crippen LogP contribution in [0, 0.1) is 6.92 Å². The Labute approximate surface area is 71.8 Å². The number of aromatic nitrogens is 2. The third-order valence-corrected chi connectivity index (χ3v) is 2.03. The molecule has 0 amide bonds. The fraction of sp³-hybridized carbons (Fsp3) is 0.556. The number of hydrogen-bond acceptors (Lipinski definition) is 3. The number of hydrogen-bond donors (Lipinski definition) is 0. The summed E-state index contributed by atoms with van der Waals surface area (Å²) >= 11 is 0. The number of nitrogens with zero attached hydrogens (tertiary/aromatic N) is 2. The predicted octanol–water partition coefficient (Wildman–Crippen LogP) is 1.50. The van der Waals surface area contributed by atoms with Crippen molar-refractivity contribution in [3.8, 4) is 5.88 Å². The molecule has 0 saturated carbocycles. The standard InChI is InChI=1S/C9H12N2O/c1-6-5-10-8-4-3-7(2)12-9(8)11-6/h5,7H,3-4H2,1-2H3. The highest BCUT2D eigenvalue weighted by Gasteiger charge is 2.17. The fourth-order valence-electron chi connectivity index (χ4n) is 1.34. The highest BCUT2D eigenvalue weighted by atomic mass is 16.5. The van der Waals surface area contributed by atoms with E-state index in [1.807, 2.05) is 6.92 Å². The number of ether oxygens (including phenoxy) is 1. The summed E-state index contributed by atoms with van der Waals surface area (Å²) in [5.41, 5.74) is 1.92. The minimum absolute atomic E-state index is 0.286. The zero-order chi connectivity index (χ0) is 8.55. The van der Waals surface area contributed by atoms with Gasteiger partial charge in [0, 0.05) is 6.20 Å². The first-order chi connectivity index (χ1) is 5.75. The lowest BCUT2D eigenvalue weighted by molar-refractivity contribution is 0.180. The van der Waals surface area contributed by atoms with E-state index < -0.39 is 0 Å². The first kappa shape index (κ1) is 7.53. The first-order valence-corrected chi connectivity index (χ1v) is 4.25. The molecule has 2 heterocycles. The Morgan fingerprint density at radius 1 is 1.58 bits per heavy atom. The second-order valence-corrected chi connectivity index (χ2v) is 3.23. The van der Waals surface area contributed by atoms with Gasteiger partial charge >= 0.3 is 0 Å². The topological polar surface area (TPSA) is 35.0 Å². The summed E-state index contributed by atoms with van der Waals surface area (Å²) in [5.74, 6) is 0.730. The van der Waals surface area contributed by atoms with E-state index in [0.717, 1.165) is 30.1 Å². The SMILES string of the molecule is Cc1cnc2c(n1)OC(C)CC2. The van der Waals surface area contributed by atoms with Gasteiger partial charge in [-0.1, -0.05) is 0 Å². The van der Waals surface area contributed by atoms with Crippen LogP contribution in [0.15, 0.2) is 6.20 Å². The molecule has 0 aromatic carbocycles. The van der Waals surface area contributed by atoms with E-state index in [1.165, 1.54) is 0 Å². The van der Waals surface area contributed by atoms with E-state index in [9.17, 15) is 0 Å². The molecule has 1 aromatic heterocycles. The second-order valence-electron chi connectivity index (χ2n) is 3.23. The molecule has 0 spiro atoms. The molecule has 0 N–H and O–H groups in total. The number of fused-ring (bicyclic) bond motifs is 1. The van der Waals surface area contributed by atoms with Gasteiger partial charge in [0.1, 0.15) is 5.69 Å². The molecule has 1 aliphatic heterocycles. The molecule has 0 aliphatic carbocycles. The molecule has 1 aliphatic rings. The van der Waals surface area contributed by atoms with Crippen LogP contribution in [0.1, 0.15) is 24.7 Å². The lowest BCUT2D eigenvalue weighted by atomic mass is 10.1. The van der Waals surface area contributed by atoms with Gasteiger partial charge in [-0.25, -0.2) is 4.98 Å². The summed E-state index contributed by atoms with van der Waals surface area (Å²) in [5, 5.41) is 0. The van der Waals surface area contributed by atoms with Gasteiger partial charge in [0.25, 0.3) is 0 Å². The molecule has 64 valence electrons. The zero-order valence-corrected chi connectivity index (χ0v) is 7.37. The molecule has 0 bridgehead atoms. The van der Waals surface area contributed by atoms with Crippen LogP contribution >= 0.6 is 0 Å². The van der Waals surface area contributed by atoms with Crippen LogP contribution in [0.5, 0.6) is 5.88 Å². The average Bonchev–Trinajstić information content (AvgIpc) is 2.03. The van der Waals surface area contributed by atoms with Gasteiger partial charge in [0.05, 0.1) is 11.8 Å². The Balaban J connectivity index is 2.37. The van der Waals surface area contributed by atoms with Crippen molar-refractivity contribution in [2.24, 2.45) is 0 Å². The smallest absolute Gasteiger partial charge is 0.236 e. The molecular formula is C9H12N2O. The highest BCUT2D eigenvalue weighted by molar-refractivity contribution is 5.22. The molecule has 1 aromatic rings. The largest absolute Gasteiger partial charge is 0.473 e. The molecule has 3 nitrogen and oxygen atoms in total. The Bertz CT molecular complexity index is 299. The maximum Gasteiger partial charge on any atom is 0.236 e. The Morgan fingerprint density at radius 2 is 2.42 bits per heavy atom. The van der Waals surface area contributed by atoms with E-state index in [2.05, 4.69) is 16.9 Å². The monoisotopic (exact) mass is 164 g/mol. The molecule has 1 unspecified atom stereocenters. The van der Waals surface area contributed by atoms with Gasteiger partial charge in [0.2, 0.25) is 5.88 Å². The Hall–Kier alpha value is -1.12. The van der Waals surface area contributed by atoms with Crippen molar-refractivity contribution >= 4 is 0 Å². The summed E-state index contributed by atoms with van der Waals surface area (Å²) in [7, 11) is 0. The van der Waals surface area contributed by atoms with Crippen molar-refractivity contribution in [3.05, 3.63) is 17.6 Å². The summed E-state index contributed by atoms with van der Waals surface area (Å²) in [6.45, 7) is 3.99. The van der Waals surface area contributed by atoms with Crippen molar-refractivity contribution < 1.29 is 4.74 Å². The third kappa shape index (κ3) is 1.26. The zero-order valence-electron chi connectivity index (χ0n) is 7.37. The summed E-state index contributed by atoms with van der Waals surface area (Å²) in [4.78, 5) is 8.55. The fourth-order valence-corrected chi connectivity index (χ4v) is 1.34. The molecule has 0 fully saturated rings. The Kier molecular flexibility index (Phi) is 1.71. The summed E-state index contributed by atoms with van der Waals surface area (Å²) < 4.78 is 5.54. The van der Waals surface area contributed by atoms with E-state index in [-0.39, 0.29) is 6.10 Å². The van der Waals surface area contributed by atoms with Crippen LogP contribution in [-0.2, 0) is 6.42 Å². The van der Waals surface area contributed by atoms with Crippen LogP contribution in [0.4, 0.5) is 0 Å². The summed E-state index contributed by atoms with van der Waals surface area (Å²) in [6, 6.07) is 0. The van der Waals surface area contributed by atoms with Gasteiger partial charge in [-0.15, -0.1) is 0 Å². The van der Waals surface area contributed by atoms with E-state index >= 15 is 0 Å². The number of aryl methyl sites for hydroxylation is 2. The lowest BCUT2D eigenvalue weighted by Crippen LogP contribution is -2.20. The van der Waals surface area contributed by atoms with Gasteiger partial charge in [-0.2, -0.15) is 0 Å². The van der Waals surface area contributed by atoms with Crippen LogP contribution in [0.25, 0.3) is 0 Å². The molecule has 0 radical (unpaired) electrons. The van der Waals surface area contributed by atoms with Crippen LogP contribution in [-0.4, -0.2) is 16.1 Å². The number of rotatable bonds is 0. The molecular weight excluding hydrogens is 152 g/mol. The van der Waals surface area contributed by atoms with Gasteiger partial charge in [-0.3, -0.25) is 4.98 Å². The molecule has 3 heteroatoms. The molecule has 0 saturated heterocycles. The lowest BCUT2D eigenvalue weighted by Gasteiger charge is -2.20. The maximum atomic E-state index is 5.54. The van der Waals surface area contributed by atoms with E-state index in [0.29, 0.717) is 0 Å². The average molecular weight is 164 g/mol. The first-order valence-electron chi connectivity index (χ1n) is 4.25. The predicted molar refractivity (Wildman–Crippen MR) is 45.2 cm³/mol. The van der Waals surface area contributed by atoms with Crippen molar-refractivity contribution in [3.63, 3.8) is 0 Å². The second kappa shape index (κ2) is 2.73. The highest BCUT2D eigenvalue weighted by Crippen LogP contribution is 2.22. The van der Waals surface area contributed by atoms with Crippen molar-refractivity contribution in [2.75, 3.05) is 0 Å². The minimum atomic E-state index is 0.286. The maximum absolute atomic E-state index is 5.54. The molecule has 12 heavy (non-hydrogen) atoms. The molecule has 2 rings (SSSR count). The normalized spacial score (nSPS) is 21.3. The van der Waals surface area contributed by atoms with E-state index in [4.69, 9.17) is 4.74 Å². The van der Waals surface area contributed by atoms with Gasteiger partial charge < -0.3 is 4.74 Å². The van der Waals surface area contributed by atoms with Crippen LogP contribution < -0.4 is 4.74 Å². The molecule has 1 atom stereocenters. The Morgan fingerprint density at radius 3 is 3.25 bits per heavy atom. The van der Waals surface area contributed by atoms with E-state index in [1.54, 1.807) is 6.20 Å². The quantitative estimate of drug-likeness (QED) is 0.582. The third-order valence-electron chi connectivity index (χ3n) is 2.03. The minimum Gasteiger partial charge on any atom is -0.473 e. The van der Waals surface area contributed by atoms with Gasteiger partial charge in [-0.05, 0) is 26.7 Å². The van der Waals surface area contributed by atoms with Crippen molar-refractivity contribution in [1.82, 2.24) is 9.97 Å². The van der Waals surface area contributed by atoms with Crippen molar-refractivity contribution in [1.29, 1.82) is 0 Å². The van der Waals surface area contributed by atoms with Crippen LogP contribution in [0.2, 0.25) is 0 Å². The van der Waals surface area contributed by atoms with Crippen molar-refractivity contribution in [2.45, 2.75) is 32.8 Å².